The topological polar surface area (TPSA) is 95.9 Å². The van der Waals surface area contributed by atoms with Crippen molar-refractivity contribution in [3.8, 4) is 0 Å². The zero-order valence-corrected chi connectivity index (χ0v) is 44.9. The van der Waals surface area contributed by atoms with Crippen LogP contribution in [0, 0.1) is 0 Å². The third kappa shape index (κ3) is 49.0. The first-order valence-electron chi connectivity index (χ1n) is 29.9. The lowest BCUT2D eigenvalue weighted by molar-refractivity contribution is -0.151. The van der Waals surface area contributed by atoms with E-state index in [-0.39, 0.29) is 24.9 Å². The smallest absolute Gasteiger partial charge is 0.306 e. The van der Waals surface area contributed by atoms with Gasteiger partial charge < -0.3 is 20.3 Å². The van der Waals surface area contributed by atoms with Crippen molar-refractivity contribution >= 4 is 11.9 Å². The molecule has 3 N–H and O–H groups in total. The number of ether oxygens (including phenoxy) is 1. The monoisotopic (exact) mass is 932 g/mol. The minimum atomic E-state index is -0.784. The van der Waals surface area contributed by atoms with Crippen molar-refractivity contribution in [2.75, 3.05) is 6.61 Å². The second-order valence-electron chi connectivity index (χ2n) is 20.8. The number of hydrogen-bond acceptors (Lipinski definition) is 5. The van der Waals surface area contributed by atoms with E-state index in [1.165, 1.54) is 238 Å². The molecule has 0 aliphatic heterocycles. The number of carbonyl (C=O) groups excluding carboxylic acids is 2. The molecule has 0 aromatic heterocycles. The fourth-order valence-corrected chi connectivity index (χ4v) is 9.55. The lowest BCUT2D eigenvalue weighted by Crippen LogP contribution is -2.46. The number of aliphatic hydroxyl groups excluding tert-OH is 2. The Balaban J connectivity index is 4.52. The molecular weight excluding hydrogens is 815 g/mol. The number of unbranched alkanes of at least 4 members (excludes halogenated alkanes) is 41. The van der Waals surface area contributed by atoms with Crippen LogP contribution in [0.3, 0.4) is 0 Å². The zero-order chi connectivity index (χ0) is 48.1. The molecule has 0 fully saturated rings. The average molecular weight is 933 g/mol. The highest BCUT2D eigenvalue weighted by Gasteiger charge is 2.24. The van der Waals surface area contributed by atoms with Crippen molar-refractivity contribution in [1.82, 2.24) is 5.32 Å². The first-order valence-corrected chi connectivity index (χ1v) is 29.9. The Morgan fingerprint density at radius 2 is 0.727 bits per heavy atom. The molecule has 66 heavy (non-hydrogen) atoms. The number of rotatable bonds is 55. The quantitative estimate of drug-likeness (QED) is 0.0321. The molecule has 6 nitrogen and oxygen atoms in total. The van der Waals surface area contributed by atoms with Gasteiger partial charge in [0.2, 0.25) is 5.91 Å². The minimum absolute atomic E-state index is 0.0825. The molecule has 0 aliphatic rings. The maximum Gasteiger partial charge on any atom is 0.306 e. The van der Waals surface area contributed by atoms with Crippen LogP contribution >= 0.6 is 0 Å². The zero-order valence-electron chi connectivity index (χ0n) is 44.9. The summed E-state index contributed by atoms with van der Waals surface area (Å²) in [6.07, 6.45) is 62.8. The second-order valence-corrected chi connectivity index (χ2v) is 20.8. The van der Waals surface area contributed by atoms with Crippen molar-refractivity contribution in [3.63, 3.8) is 0 Å². The summed E-state index contributed by atoms with van der Waals surface area (Å²) < 4.78 is 5.97. The Bertz CT molecular complexity index is 1000. The summed E-state index contributed by atoms with van der Waals surface area (Å²) in [5.41, 5.74) is 0. The standard InChI is InChI=1S/C60H117NO5/c1-4-7-10-13-16-19-22-25-28-30-31-33-36-39-42-45-48-51-56(66-60(65)53-50-47-44-41-38-35-32-29-26-23-20-17-14-11-8-5-2)54-59(64)61-57(55-62)58(63)52-49-46-43-40-37-34-27-24-21-18-15-12-9-6-3/h29,32,56-58,62-63H,4-28,30-31,33-55H2,1-3H3,(H,61,64)/b32-29+. The Kier molecular flexibility index (Phi) is 53.4. The van der Waals surface area contributed by atoms with Crippen LogP contribution in [0.15, 0.2) is 12.2 Å². The van der Waals surface area contributed by atoms with Gasteiger partial charge in [0.25, 0.3) is 0 Å². The van der Waals surface area contributed by atoms with Crippen LogP contribution < -0.4 is 5.32 Å². The molecule has 3 atom stereocenters. The summed E-state index contributed by atoms with van der Waals surface area (Å²) in [5, 5.41) is 23.9. The Morgan fingerprint density at radius 3 is 1.08 bits per heavy atom. The van der Waals surface area contributed by atoms with E-state index in [0.717, 1.165) is 51.4 Å². The Hall–Kier alpha value is -1.40. The molecule has 0 bridgehead atoms. The van der Waals surface area contributed by atoms with Crippen molar-refractivity contribution in [3.05, 3.63) is 12.2 Å². The number of amides is 1. The van der Waals surface area contributed by atoms with E-state index in [4.69, 9.17) is 4.74 Å². The van der Waals surface area contributed by atoms with Crippen molar-refractivity contribution in [2.24, 2.45) is 0 Å². The highest BCUT2D eigenvalue weighted by molar-refractivity contribution is 5.77. The van der Waals surface area contributed by atoms with Crippen LogP contribution in [0.1, 0.15) is 335 Å². The number of hydrogen-bond donors (Lipinski definition) is 3. The van der Waals surface area contributed by atoms with E-state index in [9.17, 15) is 19.8 Å². The van der Waals surface area contributed by atoms with Crippen LogP contribution in [0.5, 0.6) is 0 Å². The van der Waals surface area contributed by atoms with Gasteiger partial charge in [-0.25, -0.2) is 0 Å². The number of carbonyl (C=O) groups is 2. The van der Waals surface area contributed by atoms with Crippen molar-refractivity contribution < 1.29 is 24.5 Å². The van der Waals surface area contributed by atoms with Crippen molar-refractivity contribution in [2.45, 2.75) is 354 Å². The molecule has 392 valence electrons. The van der Waals surface area contributed by atoms with E-state index >= 15 is 0 Å². The molecule has 0 saturated carbocycles. The molecule has 0 rings (SSSR count). The molecule has 1 amide bonds. The van der Waals surface area contributed by atoms with Crippen molar-refractivity contribution in [1.29, 1.82) is 0 Å². The minimum Gasteiger partial charge on any atom is -0.462 e. The fraction of sp³-hybridized carbons (Fsp3) is 0.933. The van der Waals surface area contributed by atoms with Crippen LogP contribution in [0.4, 0.5) is 0 Å². The van der Waals surface area contributed by atoms with E-state index in [1.54, 1.807) is 0 Å². The molecule has 0 aromatic rings. The predicted molar refractivity (Wildman–Crippen MR) is 287 cm³/mol. The molecule has 6 heteroatoms. The lowest BCUT2D eigenvalue weighted by Gasteiger charge is -2.24. The molecule has 0 aliphatic carbocycles. The van der Waals surface area contributed by atoms with Gasteiger partial charge in [-0.2, -0.15) is 0 Å². The highest BCUT2D eigenvalue weighted by Crippen LogP contribution is 2.19. The van der Waals surface area contributed by atoms with Gasteiger partial charge >= 0.3 is 5.97 Å². The van der Waals surface area contributed by atoms with Gasteiger partial charge in [0.15, 0.2) is 0 Å². The summed E-state index contributed by atoms with van der Waals surface area (Å²) >= 11 is 0. The highest BCUT2D eigenvalue weighted by atomic mass is 16.5. The largest absolute Gasteiger partial charge is 0.462 e. The second kappa shape index (κ2) is 54.5. The fourth-order valence-electron chi connectivity index (χ4n) is 9.55. The number of aliphatic hydroxyl groups is 2. The predicted octanol–water partition coefficient (Wildman–Crippen LogP) is 18.5. The first-order chi connectivity index (χ1) is 32.5. The lowest BCUT2D eigenvalue weighted by atomic mass is 10.0. The molecule has 0 heterocycles. The molecular formula is C60H117NO5. The molecule has 0 radical (unpaired) electrons. The van der Waals surface area contributed by atoms with Gasteiger partial charge in [-0.1, -0.05) is 283 Å². The molecule has 0 spiro atoms. The summed E-state index contributed by atoms with van der Waals surface area (Å²) in [6.45, 7) is 6.53. The molecule has 3 unspecified atom stereocenters. The van der Waals surface area contributed by atoms with Crippen LogP contribution in [0.2, 0.25) is 0 Å². The first kappa shape index (κ1) is 64.6. The van der Waals surface area contributed by atoms with Crippen LogP contribution in [0.25, 0.3) is 0 Å². The maximum atomic E-state index is 13.3. The number of nitrogens with one attached hydrogen (secondary N) is 1. The van der Waals surface area contributed by atoms with Gasteiger partial charge in [0.05, 0.1) is 25.2 Å². The normalized spacial score (nSPS) is 13.1. The van der Waals surface area contributed by atoms with Gasteiger partial charge in [-0.15, -0.1) is 0 Å². The number of allylic oxidation sites excluding steroid dienone is 2. The van der Waals surface area contributed by atoms with E-state index in [2.05, 4.69) is 38.2 Å². The summed E-state index contributed by atoms with van der Waals surface area (Å²) in [6, 6.07) is -0.697. The van der Waals surface area contributed by atoms with Gasteiger partial charge in [0, 0.05) is 6.42 Å². The van der Waals surface area contributed by atoms with Gasteiger partial charge in [-0.3, -0.25) is 9.59 Å². The van der Waals surface area contributed by atoms with Crippen LogP contribution in [-0.4, -0.2) is 46.9 Å². The number of esters is 1. The van der Waals surface area contributed by atoms with E-state index in [0.29, 0.717) is 19.3 Å². The Labute approximate surface area is 412 Å². The molecule has 0 saturated heterocycles. The van der Waals surface area contributed by atoms with E-state index in [1.807, 2.05) is 0 Å². The third-order valence-corrected chi connectivity index (χ3v) is 14.1. The third-order valence-electron chi connectivity index (χ3n) is 14.1. The van der Waals surface area contributed by atoms with Gasteiger partial charge in [0.1, 0.15) is 6.10 Å². The summed E-state index contributed by atoms with van der Waals surface area (Å²) in [4.78, 5) is 26.3. The average Bonchev–Trinajstić information content (AvgIpc) is 3.31. The summed E-state index contributed by atoms with van der Waals surface area (Å²) in [5.74, 6) is -0.458. The Morgan fingerprint density at radius 1 is 0.424 bits per heavy atom. The van der Waals surface area contributed by atoms with E-state index < -0.39 is 18.2 Å². The van der Waals surface area contributed by atoms with Crippen LogP contribution in [-0.2, 0) is 14.3 Å². The summed E-state index contributed by atoms with van der Waals surface area (Å²) in [7, 11) is 0. The maximum absolute atomic E-state index is 13.3. The molecule has 0 aromatic carbocycles. The SMILES string of the molecule is CCCCCCCCC/C=C/CCCCCCCC(=O)OC(CCCCCCCCCCCCCCCCCCC)CC(=O)NC(CO)C(O)CCCCCCCCCCCCCCCC. The van der Waals surface area contributed by atoms with Gasteiger partial charge in [-0.05, 0) is 51.4 Å².